The third kappa shape index (κ3) is 8.63. The Morgan fingerprint density at radius 2 is 1.47 bits per heavy atom. The van der Waals surface area contributed by atoms with Crippen molar-refractivity contribution in [3.05, 3.63) is 71.8 Å². The fourth-order valence-corrected chi connectivity index (χ4v) is 3.85. The van der Waals surface area contributed by atoms with Gasteiger partial charge in [-0.2, -0.15) is 0 Å². The van der Waals surface area contributed by atoms with Gasteiger partial charge in [0.2, 0.25) is 17.7 Å². The largest absolute Gasteiger partial charge is 0.348 e. The molecule has 1 unspecified atom stereocenters. The van der Waals surface area contributed by atoms with Gasteiger partial charge in [-0.05, 0) is 42.7 Å². The standard InChI is InChI=1S/C27H37N3O4/c1-19(21-15-9-6-10-16-21)28-26(33)24(27(2,3)4)29-25(32)22(18-23(31)30-34)17-11-14-20-12-7-5-8-13-20/h5-10,12-13,15-16,19,22,24,34H,11,14,17-18H2,1-4H3,(H,28,33)(H,29,32)(H,30,31)/t19?,22-,24-/m1/s1. The Bertz CT molecular complexity index is 926. The molecule has 3 amide bonds. The van der Waals surface area contributed by atoms with Crippen molar-refractivity contribution >= 4 is 17.7 Å². The van der Waals surface area contributed by atoms with Crippen LogP contribution in [0.15, 0.2) is 60.7 Å². The van der Waals surface area contributed by atoms with Crippen molar-refractivity contribution in [3.63, 3.8) is 0 Å². The monoisotopic (exact) mass is 467 g/mol. The molecule has 0 bridgehead atoms. The molecule has 3 atom stereocenters. The van der Waals surface area contributed by atoms with Gasteiger partial charge in [0, 0.05) is 12.3 Å². The molecule has 0 saturated carbocycles. The molecule has 4 N–H and O–H groups in total. The lowest BCUT2D eigenvalue weighted by atomic mass is 9.85. The highest BCUT2D eigenvalue weighted by molar-refractivity contribution is 5.91. The summed E-state index contributed by atoms with van der Waals surface area (Å²) < 4.78 is 0. The highest BCUT2D eigenvalue weighted by atomic mass is 16.5. The van der Waals surface area contributed by atoms with Crippen LogP contribution in [-0.2, 0) is 20.8 Å². The molecule has 0 spiro atoms. The summed E-state index contributed by atoms with van der Waals surface area (Å²) in [5, 5.41) is 14.9. The summed E-state index contributed by atoms with van der Waals surface area (Å²) in [6, 6.07) is 18.5. The summed E-state index contributed by atoms with van der Waals surface area (Å²) in [4.78, 5) is 38.2. The number of carbonyl (C=O) groups is 3. The van der Waals surface area contributed by atoms with Gasteiger partial charge in [0.1, 0.15) is 6.04 Å². The quantitative estimate of drug-likeness (QED) is 0.297. The molecule has 34 heavy (non-hydrogen) atoms. The number of hydrogen-bond acceptors (Lipinski definition) is 4. The van der Waals surface area contributed by atoms with E-state index < -0.39 is 23.3 Å². The molecular formula is C27H37N3O4. The van der Waals surface area contributed by atoms with Crippen molar-refractivity contribution in [2.75, 3.05) is 0 Å². The second-order valence-corrected chi connectivity index (χ2v) is 9.76. The average Bonchev–Trinajstić information content (AvgIpc) is 2.81. The van der Waals surface area contributed by atoms with Crippen LogP contribution in [0, 0.1) is 11.3 Å². The zero-order valence-corrected chi connectivity index (χ0v) is 20.5. The molecule has 0 radical (unpaired) electrons. The van der Waals surface area contributed by atoms with E-state index in [4.69, 9.17) is 5.21 Å². The Balaban J connectivity index is 2.08. The zero-order chi connectivity index (χ0) is 25.1. The first-order valence-corrected chi connectivity index (χ1v) is 11.7. The van der Waals surface area contributed by atoms with Crippen LogP contribution in [-0.4, -0.2) is 29.0 Å². The number of aryl methyl sites for hydroxylation is 1. The number of amides is 3. The van der Waals surface area contributed by atoms with Crippen LogP contribution in [0.3, 0.4) is 0 Å². The molecule has 2 aromatic rings. The lowest BCUT2D eigenvalue weighted by Crippen LogP contribution is -2.55. The first-order chi connectivity index (χ1) is 16.1. The fourth-order valence-electron chi connectivity index (χ4n) is 3.85. The molecule has 7 nitrogen and oxygen atoms in total. The first kappa shape index (κ1) is 27.1. The third-order valence-electron chi connectivity index (χ3n) is 5.86. The topological polar surface area (TPSA) is 108 Å². The van der Waals surface area contributed by atoms with Crippen LogP contribution in [0.1, 0.15) is 64.1 Å². The van der Waals surface area contributed by atoms with Gasteiger partial charge in [0.05, 0.1) is 6.04 Å². The van der Waals surface area contributed by atoms with Crippen molar-refractivity contribution in [1.29, 1.82) is 0 Å². The molecule has 0 aromatic heterocycles. The molecule has 0 heterocycles. The van der Waals surface area contributed by atoms with E-state index in [0.717, 1.165) is 17.5 Å². The zero-order valence-electron chi connectivity index (χ0n) is 20.5. The number of hydrogen-bond donors (Lipinski definition) is 4. The normalized spacial score (nSPS) is 13.9. The number of rotatable bonds is 11. The van der Waals surface area contributed by atoms with Crippen LogP contribution < -0.4 is 16.1 Å². The van der Waals surface area contributed by atoms with E-state index in [1.807, 2.05) is 88.4 Å². The van der Waals surface area contributed by atoms with Crippen LogP contribution in [0.4, 0.5) is 0 Å². The van der Waals surface area contributed by atoms with Crippen LogP contribution >= 0.6 is 0 Å². The van der Waals surface area contributed by atoms with Gasteiger partial charge in [-0.25, -0.2) is 5.48 Å². The van der Waals surface area contributed by atoms with Crippen LogP contribution in [0.25, 0.3) is 0 Å². The summed E-state index contributed by atoms with van der Waals surface area (Å²) in [7, 11) is 0. The lowest BCUT2D eigenvalue weighted by Gasteiger charge is -2.32. The van der Waals surface area contributed by atoms with Gasteiger partial charge in [-0.15, -0.1) is 0 Å². The second kappa shape index (κ2) is 12.9. The number of carbonyl (C=O) groups excluding carboxylic acids is 3. The molecule has 2 rings (SSSR count). The molecule has 7 heteroatoms. The van der Waals surface area contributed by atoms with E-state index in [1.165, 1.54) is 0 Å². The Morgan fingerprint density at radius 3 is 2.03 bits per heavy atom. The highest BCUT2D eigenvalue weighted by Gasteiger charge is 2.35. The summed E-state index contributed by atoms with van der Waals surface area (Å²) in [6.45, 7) is 7.55. The average molecular weight is 468 g/mol. The number of benzene rings is 2. The van der Waals surface area contributed by atoms with E-state index >= 15 is 0 Å². The minimum absolute atomic E-state index is 0.157. The SMILES string of the molecule is CC(NC(=O)[C@@H](NC(=O)[C@H](CCCc1ccccc1)CC(=O)NO)C(C)(C)C)c1ccccc1. The molecule has 0 fully saturated rings. The van der Waals surface area contributed by atoms with Gasteiger partial charge >= 0.3 is 0 Å². The van der Waals surface area contributed by atoms with Crippen LogP contribution in [0.2, 0.25) is 0 Å². The number of nitrogens with one attached hydrogen (secondary N) is 3. The Kier molecular flexibility index (Phi) is 10.3. The van der Waals surface area contributed by atoms with E-state index in [-0.39, 0.29) is 24.3 Å². The van der Waals surface area contributed by atoms with Crippen molar-refractivity contribution in [1.82, 2.24) is 16.1 Å². The van der Waals surface area contributed by atoms with Crippen molar-refractivity contribution < 1.29 is 19.6 Å². The van der Waals surface area contributed by atoms with Crippen molar-refractivity contribution in [3.8, 4) is 0 Å². The van der Waals surface area contributed by atoms with Crippen molar-refractivity contribution in [2.24, 2.45) is 11.3 Å². The molecule has 0 aliphatic heterocycles. The first-order valence-electron chi connectivity index (χ1n) is 11.7. The van der Waals surface area contributed by atoms with Gasteiger partial charge in [0.25, 0.3) is 0 Å². The van der Waals surface area contributed by atoms with Gasteiger partial charge < -0.3 is 10.6 Å². The van der Waals surface area contributed by atoms with Gasteiger partial charge in [-0.1, -0.05) is 81.4 Å². The Morgan fingerprint density at radius 1 is 0.882 bits per heavy atom. The van der Waals surface area contributed by atoms with Crippen LogP contribution in [0.5, 0.6) is 0 Å². The second-order valence-electron chi connectivity index (χ2n) is 9.76. The molecule has 0 aliphatic carbocycles. The predicted molar refractivity (Wildman–Crippen MR) is 132 cm³/mol. The Labute approximate surface area is 202 Å². The Hall–Kier alpha value is -3.19. The number of hydroxylamine groups is 1. The maximum absolute atomic E-state index is 13.2. The van der Waals surface area contributed by atoms with E-state index in [2.05, 4.69) is 10.6 Å². The summed E-state index contributed by atoms with van der Waals surface area (Å²) in [5.41, 5.74) is 3.17. The summed E-state index contributed by atoms with van der Waals surface area (Å²) in [6.07, 6.45) is 1.75. The highest BCUT2D eigenvalue weighted by Crippen LogP contribution is 2.23. The summed E-state index contributed by atoms with van der Waals surface area (Å²) in [5.74, 6) is -1.96. The predicted octanol–water partition coefficient (Wildman–Crippen LogP) is 3.93. The minimum Gasteiger partial charge on any atom is -0.348 e. The van der Waals surface area contributed by atoms with E-state index in [9.17, 15) is 14.4 Å². The van der Waals surface area contributed by atoms with Crippen molar-refractivity contribution in [2.45, 2.75) is 65.5 Å². The van der Waals surface area contributed by atoms with E-state index in [0.29, 0.717) is 12.8 Å². The van der Waals surface area contributed by atoms with Gasteiger partial charge in [-0.3, -0.25) is 19.6 Å². The maximum Gasteiger partial charge on any atom is 0.244 e. The molecule has 0 aliphatic rings. The minimum atomic E-state index is -0.792. The molecule has 184 valence electrons. The lowest BCUT2D eigenvalue weighted by molar-refractivity contribution is -0.137. The van der Waals surface area contributed by atoms with Gasteiger partial charge in [0.15, 0.2) is 0 Å². The summed E-state index contributed by atoms with van der Waals surface area (Å²) >= 11 is 0. The smallest absolute Gasteiger partial charge is 0.244 e. The third-order valence-corrected chi connectivity index (χ3v) is 5.86. The molecule has 2 aromatic carbocycles. The fraction of sp³-hybridized carbons (Fsp3) is 0.444. The maximum atomic E-state index is 13.2. The molecular weight excluding hydrogens is 430 g/mol. The van der Waals surface area contributed by atoms with E-state index in [1.54, 1.807) is 5.48 Å². The molecule has 0 saturated heterocycles.